The third-order valence-corrected chi connectivity index (χ3v) is 6.58. The second kappa shape index (κ2) is 8.21. The maximum absolute atomic E-state index is 12.8. The van der Waals surface area contributed by atoms with Gasteiger partial charge in [-0.15, -0.1) is 0 Å². The summed E-state index contributed by atoms with van der Waals surface area (Å²) in [5.74, 6) is -0.321. The third-order valence-electron chi connectivity index (χ3n) is 4.68. The van der Waals surface area contributed by atoms with Crippen molar-refractivity contribution in [3.63, 3.8) is 0 Å². The molecule has 144 valence electrons. The minimum absolute atomic E-state index is 0.123. The molecule has 27 heavy (non-hydrogen) atoms. The van der Waals surface area contributed by atoms with Crippen molar-refractivity contribution in [2.45, 2.75) is 25.2 Å². The number of carbonyl (C=O) groups is 1. The average Bonchev–Trinajstić information content (AvgIpc) is 2.70. The Bertz CT molecular complexity index is 935. The van der Waals surface area contributed by atoms with Gasteiger partial charge in [0.2, 0.25) is 10.0 Å². The van der Waals surface area contributed by atoms with Crippen LogP contribution < -0.4 is 5.32 Å². The predicted molar refractivity (Wildman–Crippen MR) is 105 cm³/mol. The lowest BCUT2D eigenvalue weighted by Crippen LogP contribution is -2.40. The van der Waals surface area contributed by atoms with Gasteiger partial charge in [-0.2, -0.15) is 4.31 Å². The van der Waals surface area contributed by atoms with Gasteiger partial charge in [-0.3, -0.25) is 4.79 Å². The van der Waals surface area contributed by atoms with Crippen LogP contribution in [0, 0.1) is 6.92 Å². The fraction of sp³-hybridized carbons (Fsp3) is 0.350. The molecule has 1 amide bonds. The molecule has 2 aromatic rings. The molecule has 1 fully saturated rings. The van der Waals surface area contributed by atoms with Crippen molar-refractivity contribution in [1.82, 2.24) is 4.31 Å². The molecule has 0 radical (unpaired) electrons. The molecule has 1 N–H and O–H groups in total. The summed E-state index contributed by atoms with van der Waals surface area (Å²) >= 11 is 0. The maximum Gasteiger partial charge on any atom is 0.255 e. The quantitative estimate of drug-likeness (QED) is 0.855. The number of hydrogen-bond donors (Lipinski definition) is 1. The van der Waals surface area contributed by atoms with Crippen LogP contribution in [0.3, 0.4) is 0 Å². The summed E-state index contributed by atoms with van der Waals surface area (Å²) in [4.78, 5) is 12.9. The Morgan fingerprint density at radius 1 is 1.15 bits per heavy atom. The van der Waals surface area contributed by atoms with E-state index in [-0.39, 0.29) is 10.8 Å². The summed E-state index contributed by atoms with van der Waals surface area (Å²) in [6.45, 7) is 5.37. The first kappa shape index (κ1) is 19.5. The molecule has 1 aliphatic rings. The molecule has 0 spiro atoms. The molecule has 0 aromatic heterocycles. The molecule has 3 rings (SSSR count). The first-order valence-corrected chi connectivity index (χ1v) is 10.5. The fourth-order valence-electron chi connectivity index (χ4n) is 3.12. The Morgan fingerprint density at radius 3 is 2.56 bits per heavy atom. The largest absolute Gasteiger partial charge is 0.379 e. The number of rotatable bonds is 5. The Hall–Kier alpha value is -2.22. The van der Waals surface area contributed by atoms with Crippen LogP contribution in [0.1, 0.15) is 28.4 Å². The molecule has 0 unspecified atom stereocenters. The van der Waals surface area contributed by atoms with Crippen molar-refractivity contribution in [3.8, 4) is 0 Å². The topological polar surface area (TPSA) is 75.7 Å². The summed E-state index contributed by atoms with van der Waals surface area (Å²) in [5, 5.41) is 2.94. The zero-order chi connectivity index (χ0) is 19.4. The molecule has 0 saturated carbocycles. The van der Waals surface area contributed by atoms with E-state index in [4.69, 9.17) is 4.74 Å². The van der Waals surface area contributed by atoms with Crippen molar-refractivity contribution in [3.05, 3.63) is 59.2 Å². The van der Waals surface area contributed by atoms with Gasteiger partial charge in [-0.05, 0) is 42.7 Å². The predicted octanol–water partition coefficient (Wildman–Crippen LogP) is 2.83. The molecular weight excluding hydrogens is 364 g/mol. The Labute approximate surface area is 160 Å². The molecule has 1 heterocycles. The Morgan fingerprint density at radius 2 is 1.85 bits per heavy atom. The smallest absolute Gasteiger partial charge is 0.255 e. The van der Waals surface area contributed by atoms with Crippen molar-refractivity contribution in [1.29, 1.82) is 0 Å². The van der Waals surface area contributed by atoms with Crippen LogP contribution in [0.4, 0.5) is 5.69 Å². The number of benzene rings is 2. The van der Waals surface area contributed by atoms with Crippen molar-refractivity contribution >= 4 is 21.6 Å². The molecule has 1 aliphatic heterocycles. The van der Waals surface area contributed by atoms with Gasteiger partial charge in [0.1, 0.15) is 0 Å². The molecule has 2 aromatic carbocycles. The van der Waals surface area contributed by atoms with E-state index < -0.39 is 10.0 Å². The van der Waals surface area contributed by atoms with E-state index >= 15 is 0 Å². The highest BCUT2D eigenvalue weighted by molar-refractivity contribution is 7.89. The number of carbonyl (C=O) groups excluding carboxylic acids is 1. The highest BCUT2D eigenvalue weighted by Gasteiger charge is 2.27. The van der Waals surface area contributed by atoms with Crippen molar-refractivity contribution in [2.24, 2.45) is 0 Å². The van der Waals surface area contributed by atoms with Crippen LogP contribution in [0.5, 0.6) is 0 Å². The van der Waals surface area contributed by atoms with Crippen molar-refractivity contribution < 1.29 is 17.9 Å². The lowest BCUT2D eigenvalue weighted by atomic mass is 10.1. The number of sulfonamides is 1. The number of ether oxygens (including phenoxy) is 1. The number of amides is 1. The van der Waals surface area contributed by atoms with Gasteiger partial charge in [0.25, 0.3) is 5.91 Å². The zero-order valence-electron chi connectivity index (χ0n) is 15.6. The monoisotopic (exact) mass is 388 g/mol. The lowest BCUT2D eigenvalue weighted by molar-refractivity contribution is 0.0730. The van der Waals surface area contributed by atoms with Gasteiger partial charge in [0.15, 0.2) is 0 Å². The van der Waals surface area contributed by atoms with Crippen LogP contribution in [0.25, 0.3) is 0 Å². The van der Waals surface area contributed by atoms with Crippen LogP contribution in [0.2, 0.25) is 0 Å². The van der Waals surface area contributed by atoms with E-state index in [0.29, 0.717) is 31.9 Å². The first-order chi connectivity index (χ1) is 12.9. The van der Waals surface area contributed by atoms with Crippen molar-refractivity contribution in [2.75, 3.05) is 31.6 Å². The number of anilines is 1. The maximum atomic E-state index is 12.8. The first-order valence-electron chi connectivity index (χ1n) is 9.01. The number of para-hydroxylation sites is 1. The van der Waals surface area contributed by atoms with Crippen LogP contribution in [0.15, 0.2) is 47.4 Å². The molecule has 0 aliphatic carbocycles. The molecule has 0 bridgehead atoms. The highest BCUT2D eigenvalue weighted by atomic mass is 32.2. The van der Waals surface area contributed by atoms with Gasteiger partial charge in [-0.25, -0.2) is 8.42 Å². The van der Waals surface area contributed by atoms with Gasteiger partial charge >= 0.3 is 0 Å². The summed E-state index contributed by atoms with van der Waals surface area (Å²) in [5.41, 5.74) is 3.11. The lowest BCUT2D eigenvalue weighted by Gasteiger charge is -2.26. The molecule has 7 heteroatoms. The molecule has 0 atom stereocenters. The van der Waals surface area contributed by atoms with E-state index in [1.807, 2.05) is 32.0 Å². The summed E-state index contributed by atoms with van der Waals surface area (Å²) in [7, 11) is -3.64. The molecule has 6 nitrogen and oxygen atoms in total. The van der Waals surface area contributed by atoms with E-state index in [0.717, 1.165) is 23.2 Å². The van der Waals surface area contributed by atoms with E-state index in [2.05, 4.69) is 5.32 Å². The number of hydrogen-bond acceptors (Lipinski definition) is 4. The number of nitrogens with zero attached hydrogens (tertiary/aromatic N) is 1. The minimum atomic E-state index is -3.64. The second-order valence-electron chi connectivity index (χ2n) is 6.46. The standard InChI is InChI=1S/C20H24N2O4S/c1-3-16-7-4-6-15(2)19(16)21-20(23)17-8-5-9-18(14-17)27(24,25)22-10-12-26-13-11-22/h4-9,14H,3,10-13H2,1-2H3,(H,21,23). The van der Waals surface area contributed by atoms with E-state index in [9.17, 15) is 13.2 Å². The van der Waals surface area contributed by atoms with Gasteiger partial charge in [0.05, 0.1) is 18.1 Å². The Balaban J connectivity index is 1.86. The van der Waals surface area contributed by atoms with Gasteiger partial charge in [-0.1, -0.05) is 31.2 Å². The summed E-state index contributed by atoms with van der Waals surface area (Å²) < 4.78 is 32.2. The highest BCUT2D eigenvalue weighted by Crippen LogP contribution is 2.23. The normalized spacial score (nSPS) is 15.5. The zero-order valence-corrected chi connectivity index (χ0v) is 16.4. The minimum Gasteiger partial charge on any atom is -0.379 e. The second-order valence-corrected chi connectivity index (χ2v) is 8.40. The number of aryl methyl sites for hydroxylation is 2. The molecule has 1 saturated heterocycles. The van der Waals surface area contributed by atoms with Crippen LogP contribution in [-0.4, -0.2) is 44.9 Å². The summed E-state index contributed by atoms with van der Waals surface area (Å²) in [6.07, 6.45) is 0.794. The number of nitrogens with one attached hydrogen (secondary N) is 1. The van der Waals surface area contributed by atoms with E-state index in [1.54, 1.807) is 12.1 Å². The van der Waals surface area contributed by atoms with Crippen LogP contribution in [-0.2, 0) is 21.2 Å². The third kappa shape index (κ3) is 4.21. The van der Waals surface area contributed by atoms with E-state index in [1.165, 1.54) is 16.4 Å². The van der Waals surface area contributed by atoms with Crippen LogP contribution >= 0.6 is 0 Å². The summed E-state index contributed by atoms with van der Waals surface area (Å²) in [6, 6.07) is 12.0. The van der Waals surface area contributed by atoms with Gasteiger partial charge < -0.3 is 10.1 Å². The fourth-order valence-corrected chi connectivity index (χ4v) is 4.58. The Kier molecular flexibility index (Phi) is 5.94. The molecular formula is C20H24N2O4S. The average molecular weight is 388 g/mol. The SMILES string of the molecule is CCc1cccc(C)c1NC(=O)c1cccc(S(=O)(=O)N2CCOCC2)c1. The number of morpholine rings is 1. The van der Waals surface area contributed by atoms with Gasteiger partial charge in [0, 0.05) is 24.3 Å².